The number of rotatable bonds is 5. The number of amides is 1. The lowest BCUT2D eigenvalue weighted by Crippen LogP contribution is -2.29. The fourth-order valence-electron chi connectivity index (χ4n) is 2.16. The van der Waals surface area contributed by atoms with Crippen molar-refractivity contribution in [3.8, 4) is 0 Å². The molecule has 1 N–H and O–H groups in total. The fraction of sp³-hybridized carbons (Fsp3) is 0.105. The summed E-state index contributed by atoms with van der Waals surface area (Å²) < 4.78 is 10.5. The molecule has 6 nitrogen and oxygen atoms in total. The molecule has 1 atom stereocenters. The van der Waals surface area contributed by atoms with Gasteiger partial charge in [-0.1, -0.05) is 35.9 Å². The predicted octanol–water partition coefficient (Wildman–Crippen LogP) is 4.06. The number of carbonyl (C=O) groups excluding carboxylic acids is 2. The van der Waals surface area contributed by atoms with Crippen molar-refractivity contribution in [3.63, 3.8) is 0 Å². The number of carbonyl (C=O) groups is 2. The molecule has 0 saturated heterocycles. The van der Waals surface area contributed by atoms with Gasteiger partial charge in [0.2, 0.25) is 5.89 Å². The largest absolute Gasteiger partial charge is 0.449 e. The van der Waals surface area contributed by atoms with E-state index in [-0.39, 0.29) is 5.89 Å². The molecule has 0 unspecified atom stereocenters. The summed E-state index contributed by atoms with van der Waals surface area (Å²) in [6.45, 7) is 1.47. The lowest BCUT2D eigenvalue weighted by molar-refractivity contribution is -0.148. The van der Waals surface area contributed by atoms with Crippen molar-refractivity contribution < 1.29 is 18.7 Å². The van der Waals surface area contributed by atoms with Gasteiger partial charge in [0.05, 0.1) is 10.7 Å². The molecule has 2 aromatic carbocycles. The second-order valence-electron chi connectivity index (χ2n) is 5.40. The average Bonchev–Trinajstić information content (AvgIpc) is 3.05. The molecule has 26 heavy (non-hydrogen) atoms. The van der Waals surface area contributed by atoms with E-state index < -0.39 is 18.0 Å². The van der Waals surface area contributed by atoms with Crippen LogP contribution < -0.4 is 5.32 Å². The van der Waals surface area contributed by atoms with Crippen molar-refractivity contribution >= 4 is 46.3 Å². The lowest BCUT2D eigenvalue weighted by Gasteiger charge is -2.13. The minimum atomic E-state index is -0.993. The van der Waals surface area contributed by atoms with E-state index in [1.807, 2.05) is 12.1 Å². The summed E-state index contributed by atoms with van der Waals surface area (Å²) in [4.78, 5) is 28.2. The third kappa shape index (κ3) is 4.29. The van der Waals surface area contributed by atoms with E-state index in [1.165, 1.54) is 13.0 Å². The number of hydrogen-bond donors (Lipinski definition) is 1. The molecule has 3 rings (SSSR count). The van der Waals surface area contributed by atoms with Crippen molar-refractivity contribution in [3.05, 3.63) is 65.5 Å². The number of ether oxygens (including phenoxy) is 1. The highest BCUT2D eigenvalue weighted by molar-refractivity contribution is 6.33. The number of nitrogens with one attached hydrogen (secondary N) is 1. The Morgan fingerprint density at radius 1 is 1.19 bits per heavy atom. The van der Waals surface area contributed by atoms with Gasteiger partial charge in [0.1, 0.15) is 5.52 Å². The van der Waals surface area contributed by atoms with Gasteiger partial charge in [0.25, 0.3) is 5.91 Å². The third-order valence-electron chi connectivity index (χ3n) is 3.47. The number of benzene rings is 2. The topological polar surface area (TPSA) is 81.4 Å². The summed E-state index contributed by atoms with van der Waals surface area (Å²) in [6.07, 6.45) is 1.55. The van der Waals surface area contributed by atoms with Crippen molar-refractivity contribution in [1.82, 2.24) is 4.98 Å². The van der Waals surface area contributed by atoms with Crippen LogP contribution in [0.2, 0.25) is 5.02 Å². The van der Waals surface area contributed by atoms with Crippen LogP contribution in [-0.2, 0) is 14.3 Å². The zero-order valence-corrected chi connectivity index (χ0v) is 14.6. The molecule has 0 fully saturated rings. The van der Waals surface area contributed by atoms with E-state index in [0.717, 1.165) is 6.08 Å². The number of halogens is 1. The molecular formula is C19H15ClN2O4. The standard InChI is InChI=1S/C19H15ClN2O4/c1-12(19(24)22-14-7-3-2-6-13(14)20)25-18(23)11-10-17-21-15-8-4-5-9-16(15)26-17/h2-12H,1H3,(H,22,24)/b11-10+/t12-/m1/s1. The maximum atomic E-state index is 12.1. The number of esters is 1. The van der Waals surface area contributed by atoms with Crippen LogP contribution in [0.15, 0.2) is 59.0 Å². The van der Waals surface area contributed by atoms with E-state index in [9.17, 15) is 9.59 Å². The number of oxazole rings is 1. The first kappa shape index (κ1) is 17.7. The smallest absolute Gasteiger partial charge is 0.331 e. The van der Waals surface area contributed by atoms with Crippen LogP contribution in [-0.4, -0.2) is 23.0 Å². The maximum Gasteiger partial charge on any atom is 0.331 e. The molecule has 0 bridgehead atoms. The van der Waals surface area contributed by atoms with Crippen molar-refractivity contribution in [2.45, 2.75) is 13.0 Å². The molecule has 1 heterocycles. The molecule has 7 heteroatoms. The normalized spacial score (nSPS) is 12.2. The second kappa shape index (κ2) is 7.84. The van der Waals surface area contributed by atoms with Crippen LogP contribution >= 0.6 is 11.6 Å². The molecule has 0 saturated carbocycles. The fourth-order valence-corrected chi connectivity index (χ4v) is 2.35. The number of aromatic nitrogens is 1. The maximum absolute atomic E-state index is 12.1. The van der Waals surface area contributed by atoms with Crippen molar-refractivity contribution in [2.24, 2.45) is 0 Å². The van der Waals surface area contributed by atoms with E-state index in [2.05, 4.69) is 10.3 Å². The molecular weight excluding hydrogens is 356 g/mol. The van der Waals surface area contributed by atoms with Crippen LogP contribution in [0.1, 0.15) is 12.8 Å². The van der Waals surface area contributed by atoms with Gasteiger partial charge < -0.3 is 14.5 Å². The third-order valence-corrected chi connectivity index (χ3v) is 3.80. The van der Waals surface area contributed by atoms with E-state index in [1.54, 1.807) is 36.4 Å². The van der Waals surface area contributed by atoms with Crippen LogP contribution in [0.4, 0.5) is 5.69 Å². The number of anilines is 1. The number of fused-ring (bicyclic) bond motifs is 1. The Morgan fingerprint density at radius 2 is 1.92 bits per heavy atom. The van der Waals surface area contributed by atoms with Gasteiger partial charge in [0.15, 0.2) is 11.7 Å². The van der Waals surface area contributed by atoms with Gasteiger partial charge in [-0.25, -0.2) is 9.78 Å². The van der Waals surface area contributed by atoms with Gasteiger partial charge in [-0.2, -0.15) is 0 Å². The van der Waals surface area contributed by atoms with Gasteiger partial charge in [-0.3, -0.25) is 4.79 Å². The number of para-hydroxylation sites is 3. The van der Waals surface area contributed by atoms with Crippen LogP contribution in [0.25, 0.3) is 17.2 Å². The van der Waals surface area contributed by atoms with Gasteiger partial charge in [0, 0.05) is 12.2 Å². The molecule has 1 aromatic heterocycles. The summed E-state index contributed by atoms with van der Waals surface area (Å²) in [6, 6.07) is 14.0. The van der Waals surface area contributed by atoms with Crippen LogP contribution in [0, 0.1) is 0 Å². The Hall–Kier alpha value is -3.12. The summed E-state index contributed by atoms with van der Waals surface area (Å²) in [7, 11) is 0. The van der Waals surface area contributed by atoms with E-state index >= 15 is 0 Å². The summed E-state index contributed by atoms with van der Waals surface area (Å²) in [5.41, 5.74) is 1.75. The number of nitrogens with zero attached hydrogens (tertiary/aromatic N) is 1. The first-order valence-electron chi connectivity index (χ1n) is 7.82. The highest BCUT2D eigenvalue weighted by atomic mass is 35.5. The van der Waals surface area contributed by atoms with Gasteiger partial charge >= 0.3 is 5.97 Å². The minimum absolute atomic E-state index is 0.274. The zero-order valence-electron chi connectivity index (χ0n) is 13.8. The molecule has 0 spiro atoms. The SMILES string of the molecule is C[C@@H](OC(=O)/C=C/c1nc2ccccc2o1)C(=O)Nc1ccccc1Cl. The molecule has 0 aliphatic heterocycles. The Labute approximate surface area is 154 Å². The van der Waals surface area contributed by atoms with Gasteiger partial charge in [-0.15, -0.1) is 0 Å². The lowest BCUT2D eigenvalue weighted by atomic mass is 10.3. The van der Waals surface area contributed by atoms with Crippen LogP contribution in [0.3, 0.4) is 0 Å². The van der Waals surface area contributed by atoms with Crippen molar-refractivity contribution in [2.75, 3.05) is 5.32 Å². The quantitative estimate of drug-likeness (QED) is 0.541. The van der Waals surface area contributed by atoms with E-state index in [4.69, 9.17) is 20.8 Å². The molecule has 0 radical (unpaired) electrons. The van der Waals surface area contributed by atoms with Gasteiger partial charge in [-0.05, 0) is 31.2 Å². The average molecular weight is 371 g/mol. The first-order chi connectivity index (χ1) is 12.5. The molecule has 3 aromatic rings. The minimum Gasteiger partial charge on any atom is -0.449 e. The Morgan fingerprint density at radius 3 is 2.69 bits per heavy atom. The Kier molecular flexibility index (Phi) is 5.34. The molecule has 0 aliphatic rings. The van der Waals surface area contributed by atoms with Crippen molar-refractivity contribution in [1.29, 1.82) is 0 Å². The first-order valence-corrected chi connectivity index (χ1v) is 8.20. The summed E-state index contributed by atoms with van der Waals surface area (Å²) in [5.74, 6) is -0.896. The zero-order chi connectivity index (χ0) is 18.5. The highest BCUT2D eigenvalue weighted by Crippen LogP contribution is 2.20. The molecule has 0 aliphatic carbocycles. The number of hydrogen-bond acceptors (Lipinski definition) is 5. The summed E-state index contributed by atoms with van der Waals surface area (Å²) >= 11 is 5.98. The monoisotopic (exact) mass is 370 g/mol. The second-order valence-corrected chi connectivity index (χ2v) is 5.81. The van der Waals surface area contributed by atoms with E-state index in [0.29, 0.717) is 21.8 Å². The highest BCUT2D eigenvalue weighted by Gasteiger charge is 2.17. The molecule has 1 amide bonds. The van der Waals surface area contributed by atoms with Crippen LogP contribution in [0.5, 0.6) is 0 Å². The Bertz CT molecular complexity index is 947. The summed E-state index contributed by atoms with van der Waals surface area (Å²) in [5, 5.41) is 3.00. The predicted molar refractivity (Wildman–Crippen MR) is 98.7 cm³/mol. The molecule has 132 valence electrons. The Balaban J connectivity index is 1.58.